The first-order valence-corrected chi connectivity index (χ1v) is 8.89. The molecule has 0 saturated heterocycles. The highest BCUT2D eigenvalue weighted by atomic mass is 31.2. The molecule has 0 fully saturated rings. The highest BCUT2D eigenvalue weighted by Crippen LogP contribution is 2.49. The summed E-state index contributed by atoms with van der Waals surface area (Å²) >= 11 is 0. The Labute approximate surface area is 117 Å². The summed E-state index contributed by atoms with van der Waals surface area (Å²) < 4.78 is 28.4. The standard InChI is InChI=1S/C13H28NO4P/c1-4-7-10-17-19(15,18-11-8-5-2)12-9-13(14)16-6-3/h14H,4-12H2,1-3H3. The summed E-state index contributed by atoms with van der Waals surface area (Å²) in [6, 6.07) is 0. The Bertz CT molecular complexity index is 270. The predicted molar refractivity (Wildman–Crippen MR) is 78.2 cm³/mol. The molecular weight excluding hydrogens is 265 g/mol. The minimum atomic E-state index is -3.08. The van der Waals surface area contributed by atoms with Crippen molar-refractivity contribution in [2.24, 2.45) is 0 Å². The lowest BCUT2D eigenvalue weighted by Gasteiger charge is -2.18. The first-order chi connectivity index (χ1) is 9.08. The molecule has 0 atom stereocenters. The molecule has 0 heterocycles. The number of unbranched alkanes of at least 4 members (excludes halogenated alkanes) is 2. The average molecular weight is 293 g/mol. The van der Waals surface area contributed by atoms with Gasteiger partial charge in [0.2, 0.25) is 0 Å². The van der Waals surface area contributed by atoms with Crippen LogP contribution in [0.1, 0.15) is 52.9 Å². The minimum Gasteiger partial charge on any atom is -0.481 e. The summed E-state index contributed by atoms with van der Waals surface area (Å²) in [4.78, 5) is 0. The van der Waals surface area contributed by atoms with Crippen LogP contribution in [0.5, 0.6) is 0 Å². The highest BCUT2D eigenvalue weighted by molar-refractivity contribution is 7.53. The number of hydrogen-bond acceptors (Lipinski definition) is 5. The summed E-state index contributed by atoms with van der Waals surface area (Å²) in [7, 11) is -3.08. The van der Waals surface area contributed by atoms with E-state index in [1.165, 1.54) is 0 Å². The lowest BCUT2D eigenvalue weighted by atomic mass is 10.4. The Morgan fingerprint density at radius 1 is 1.05 bits per heavy atom. The van der Waals surface area contributed by atoms with E-state index in [-0.39, 0.29) is 12.1 Å². The van der Waals surface area contributed by atoms with Crippen LogP contribution in [-0.4, -0.2) is 31.9 Å². The molecule has 1 N–H and O–H groups in total. The van der Waals surface area contributed by atoms with Gasteiger partial charge in [0.05, 0.1) is 26.0 Å². The molecule has 0 radical (unpaired) electrons. The minimum absolute atomic E-state index is 0.140. The van der Waals surface area contributed by atoms with Gasteiger partial charge < -0.3 is 13.8 Å². The third-order valence-electron chi connectivity index (χ3n) is 2.50. The van der Waals surface area contributed by atoms with Gasteiger partial charge in [-0.15, -0.1) is 0 Å². The maximum absolute atomic E-state index is 12.5. The second-order valence-corrected chi connectivity index (χ2v) is 6.50. The summed E-state index contributed by atoms with van der Waals surface area (Å²) in [6.07, 6.45) is 4.23. The van der Waals surface area contributed by atoms with Crippen molar-refractivity contribution >= 4 is 13.5 Å². The first-order valence-electron chi connectivity index (χ1n) is 7.16. The van der Waals surface area contributed by atoms with Gasteiger partial charge in [-0.3, -0.25) is 9.97 Å². The smallest absolute Gasteiger partial charge is 0.331 e. The molecule has 0 aliphatic rings. The van der Waals surface area contributed by atoms with Crippen molar-refractivity contribution in [1.29, 1.82) is 5.41 Å². The largest absolute Gasteiger partial charge is 0.481 e. The fraction of sp³-hybridized carbons (Fsp3) is 0.923. The summed E-state index contributed by atoms with van der Waals surface area (Å²) in [5, 5.41) is 7.54. The maximum Gasteiger partial charge on any atom is 0.331 e. The van der Waals surface area contributed by atoms with Crippen LogP contribution in [0.2, 0.25) is 0 Å². The van der Waals surface area contributed by atoms with Crippen molar-refractivity contribution in [3.05, 3.63) is 0 Å². The molecule has 0 saturated carbocycles. The van der Waals surface area contributed by atoms with Gasteiger partial charge in [-0.2, -0.15) is 0 Å². The fourth-order valence-electron chi connectivity index (χ4n) is 1.35. The Morgan fingerprint density at radius 3 is 2.00 bits per heavy atom. The molecular formula is C13H28NO4P. The van der Waals surface area contributed by atoms with Crippen LogP contribution in [0.4, 0.5) is 0 Å². The van der Waals surface area contributed by atoms with Crippen molar-refractivity contribution in [2.45, 2.75) is 52.9 Å². The molecule has 5 nitrogen and oxygen atoms in total. The lowest BCUT2D eigenvalue weighted by molar-refractivity contribution is 0.199. The van der Waals surface area contributed by atoms with E-state index in [9.17, 15) is 4.57 Å². The van der Waals surface area contributed by atoms with Crippen molar-refractivity contribution in [1.82, 2.24) is 0 Å². The number of nitrogens with one attached hydrogen (secondary N) is 1. The van der Waals surface area contributed by atoms with Crippen molar-refractivity contribution in [3.63, 3.8) is 0 Å². The zero-order valence-corrected chi connectivity index (χ0v) is 13.3. The molecule has 0 aliphatic heterocycles. The molecule has 0 aromatic heterocycles. The van der Waals surface area contributed by atoms with E-state index < -0.39 is 7.60 Å². The number of hydrogen-bond donors (Lipinski definition) is 1. The zero-order chi connectivity index (χ0) is 14.6. The Balaban J connectivity index is 4.22. The normalized spacial score (nSPS) is 11.5. The third-order valence-corrected chi connectivity index (χ3v) is 4.43. The van der Waals surface area contributed by atoms with Crippen LogP contribution in [0.25, 0.3) is 0 Å². The zero-order valence-electron chi connectivity index (χ0n) is 12.4. The van der Waals surface area contributed by atoms with Gasteiger partial charge in [0, 0.05) is 6.42 Å². The van der Waals surface area contributed by atoms with Crippen LogP contribution in [0.15, 0.2) is 0 Å². The van der Waals surface area contributed by atoms with Crippen molar-refractivity contribution in [2.75, 3.05) is 26.0 Å². The molecule has 114 valence electrons. The molecule has 0 bridgehead atoms. The molecule has 19 heavy (non-hydrogen) atoms. The fourth-order valence-corrected chi connectivity index (χ4v) is 2.97. The van der Waals surface area contributed by atoms with Gasteiger partial charge in [-0.1, -0.05) is 26.7 Å². The quantitative estimate of drug-likeness (QED) is 0.253. The predicted octanol–water partition coefficient (Wildman–Crippen LogP) is 4.22. The van der Waals surface area contributed by atoms with Gasteiger partial charge in [-0.25, -0.2) is 0 Å². The van der Waals surface area contributed by atoms with Crippen LogP contribution in [0.3, 0.4) is 0 Å². The monoisotopic (exact) mass is 293 g/mol. The van der Waals surface area contributed by atoms with Gasteiger partial charge in [0.1, 0.15) is 0 Å². The molecule has 0 amide bonds. The molecule has 0 rings (SSSR count). The SMILES string of the molecule is CCCCOP(=O)(CCC(=N)OCC)OCCCC. The maximum atomic E-state index is 12.5. The van der Waals surface area contributed by atoms with E-state index in [0.717, 1.165) is 25.7 Å². The molecule has 0 aromatic carbocycles. The average Bonchev–Trinajstić information content (AvgIpc) is 2.38. The number of ether oxygens (including phenoxy) is 1. The van der Waals surface area contributed by atoms with E-state index in [1.54, 1.807) is 0 Å². The summed E-state index contributed by atoms with van der Waals surface area (Å²) in [6.45, 7) is 7.28. The van der Waals surface area contributed by atoms with E-state index in [4.69, 9.17) is 19.2 Å². The molecule has 0 aliphatic carbocycles. The molecule has 0 spiro atoms. The van der Waals surface area contributed by atoms with Crippen molar-refractivity contribution < 1.29 is 18.3 Å². The topological polar surface area (TPSA) is 68.6 Å². The lowest BCUT2D eigenvalue weighted by Crippen LogP contribution is -2.09. The van der Waals surface area contributed by atoms with Crippen LogP contribution < -0.4 is 0 Å². The Kier molecular flexibility index (Phi) is 11.2. The highest BCUT2D eigenvalue weighted by Gasteiger charge is 2.24. The van der Waals surface area contributed by atoms with E-state index in [1.807, 2.05) is 6.92 Å². The second kappa shape index (κ2) is 11.4. The Hall–Kier alpha value is -0.380. The van der Waals surface area contributed by atoms with E-state index >= 15 is 0 Å². The molecule has 6 heteroatoms. The summed E-state index contributed by atoms with van der Waals surface area (Å²) in [5.41, 5.74) is 0. The van der Waals surface area contributed by atoms with Crippen LogP contribution >= 0.6 is 7.60 Å². The third kappa shape index (κ3) is 10.1. The van der Waals surface area contributed by atoms with E-state index in [0.29, 0.717) is 26.2 Å². The molecule has 0 unspecified atom stereocenters. The summed E-state index contributed by atoms with van der Waals surface area (Å²) in [5.74, 6) is 0.140. The molecule has 0 aromatic rings. The van der Waals surface area contributed by atoms with Gasteiger partial charge in [0.25, 0.3) is 0 Å². The van der Waals surface area contributed by atoms with Crippen molar-refractivity contribution in [3.8, 4) is 0 Å². The number of rotatable bonds is 12. The van der Waals surface area contributed by atoms with Gasteiger partial charge in [-0.05, 0) is 19.8 Å². The first kappa shape index (κ1) is 18.6. The van der Waals surface area contributed by atoms with E-state index in [2.05, 4.69) is 13.8 Å². The Morgan fingerprint density at radius 2 is 1.58 bits per heavy atom. The second-order valence-electron chi connectivity index (χ2n) is 4.31. The van der Waals surface area contributed by atoms with Crippen LogP contribution in [-0.2, 0) is 18.3 Å². The van der Waals surface area contributed by atoms with Gasteiger partial charge >= 0.3 is 7.60 Å². The van der Waals surface area contributed by atoms with Crippen LogP contribution in [0, 0.1) is 5.41 Å². The van der Waals surface area contributed by atoms with Gasteiger partial charge in [0.15, 0.2) is 5.90 Å².